The van der Waals surface area contributed by atoms with Gasteiger partial charge in [0, 0.05) is 47.3 Å². The molecule has 0 aliphatic carbocycles. The van der Waals surface area contributed by atoms with E-state index < -0.39 is 6.29 Å². The molecule has 240 valence electrons. The van der Waals surface area contributed by atoms with E-state index in [-0.39, 0.29) is 36.7 Å². The number of hydrogen-bond acceptors (Lipinski definition) is 9. The van der Waals surface area contributed by atoms with E-state index in [0.29, 0.717) is 38.5 Å². The number of carbonyl (C=O) groups is 1. The van der Waals surface area contributed by atoms with Gasteiger partial charge in [0.2, 0.25) is 6.29 Å². The topological polar surface area (TPSA) is 112 Å². The molecule has 0 bridgehead atoms. The standard InChI is InChI=1S/C36H38N2O7S/c1-3-43-36-27(14-16-41-18-19-42-17-15-39)28(29-22-44-31-7-5-4-6-26(29)31)21-32(45-36)34(40)37-25-11-9-24(10-12-25)35-38-30-13-8-23(2)20-33(30)46-35/h4-13,20-22,27-28,36,39H,3,14-19H2,1-2H3,(H,37,40). The first-order chi connectivity index (χ1) is 22.5. The van der Waals surface area contributed by atoms with Crippen LogP contribution in [0.1, 0.15) is 30.4 Å². The fourth-order valence-corrected chi connectivity index (χ4v) is 6.77. The molecule has 0 spiro atoms. The van der Waals surface area contributed by atoms with Crippen LogP contribution in [-0.4, -0.2) is 61.9 Å². The first-order valence-corrected chi connectivity index (χ1v) is 16.4. The van der Waals surface area contributed by atoms with Crippen molar-refractivity contribution in [3.8, 4) is 10.6 Å². The van der Waals surface area contributed by atoms with Crippen LogP contribution in [0.3, 0.4) is 0 Å². The molecule has 0 saturated heterocycles. The molecule has 9 nitrogen and oxygen atoms in total. The van der Waals surface area contributed by atoms with Crippen molar-refractivity contribution < 1.29 is 33.3 Å². The van der Waals surface area contributed by atoms with E-state index in [4.69, 9.17) is 33.5 Å². The summed E-state index contributed by atoms with van der Waals surface area (Å²) in [4.78, 5) is 18.4. The highest BCUT2D eigenvalue weighted by molar-refractivity contribution is 7.21. The number of hydrogen-bond donors (Lipinski definition) is 2. The number of anilines is 1. The quantitative estimate of drug-likeness (QED) is 0.124. The molecule has 3 heterocycles. The van der Waals surface area contributed by atoms with Crippen molar-refractivity contribution in [3.63, 3.8) is 0 Å². The Labute approximate surface area is 271 Å². The summed E-state index contributed by atoms with van der Waals surface area (Å²) >= 11 is 1.65. The average molecular weight is 643 g/mol. The van der Waals surface area contributed by atoms with Crippen LogP contribution < -0.4 is 5.32 Å². The number of rotatable bonds is 14. The number of allylic oxidation sites excluding steroid dienone is 1. The number of amides is 1. The molecule has 3 aromatic carbocycles. The lowest BCUT2D eigenvalue weighted by molar-refractivity contribution is -0.166. The molecule has 2 aromatic heterocycles. The molecule has 5 aromatic rings. The summed E-state index contributed by atoms with van der Waals surface area (Å²) in [5.41, 5.74) is 5.54. The predicted molar refractivity (Wildman–Crippen MR) is 179 cm³/mol. The Morgan fingerprint density at radius 1 is 1.02 bits per heavy atom. The lowest BCUT2D eigenvalue weighted by Crippen LogP contribution is -2.38. The van der Waals surface area contributed by atoms with Crippen molar-refractivity contribution in [3.05, 3.63) is 96.0 Å². The van der Waals surface area contributed by atoms with Gasteiger partial charge in [0.1, 0.15) is 10.6 Å². The minimum Gasteiger partial charge on any atom is -0.464 e. The Kier molecular flexibility index (Phi) is 10.4. The molecule has 3 unspecified atom stereocenters. The van der Waals surface area contributed by atoms with Gasteiger partial charge in [0.05, 0.1) is 42.9 Å². The van der Waals surface area contributed by atoms with Gasteiger partial charge in [0.15, 0.2) is 5.76 Å². The SMILES string of the molecule is CCOC1OC(C(=O)Nc2ccc(-c3nc4ccc(C)cc4s3)cc2)=CC(c2coc3ccccc23)C1CCOCCOCCO. The van der Waals surface area contributed by atoms with Crippen LogP contribution >= 0.6 is 11.3 Å². The number of ether oxygens (including phenoxy) is 4. The number of nitrogens with one attached hydrogen (secondary N) is 1. The molecule has 0 fully saturated rings. The zero-order valence-electron chi connectivity index (χ0n) is 25.9. The summed E-state index contributed by atoms with van der Waals surface area (Å²) in [5, 5.41) is 13.8. The van der Waals surface area contributed by atoms with Crippen LogP contribution in [0, 0.1) is 12.8 Å². The second-order valence-corrected chi connectivity index (χ2v) is 12.1. The van der Waals surface area contributed by atoms with Gasteiger partial charge in [-0.3, -0.25) is 4.79 Å². The Hall–Kier alpha value is -4.06. The second kappa shape index (κ2) is 15.0. The zero-order chi connectivity index (χ0) is 31.9. The van der Waals surface area contributed by atoms with Crippen LogP contribution in [-0.2, 0) is 23.7 Å². The van der Waals surface area contributed by atoms with Gasteiger partial charge >= 0.3 is 0 Å². The average Bonchev–Trinajstić information content (AvgIpc) is 3.69. The smallest absolute Gasteiger partial charge is 0.290 e. The van der Waals surface area contributed by atoms with E-state index in [0.717, 1.165) is 37.3 Å². The van der Waals surface area contributed by atoms with E-state index in [1.165, 1.54) is 5.56 Å². The minimum absolute atomic E-state index is 0.0206. The van der Waals surface area contributed by atoms with Crippen LogP contribution in [0.4, 0.5) is 5.69 Å². The van der Waals surface area contributed by atoms with Crippen molar-refractivity contribution in [1.82, 2.24) is 4.98 Å². The molecular formula is C36H38N2O7S. The van der Waals surface area contributed by atoms with Crippen molar-refractivity contribution >= 4 is 44.1 Å². The van der Waals surface area contributed by atoms with Gasteiger partial charge in [-0.15, -0.1) is 11.3 Å². The number of nitrogens with zero attached hydrogens (tertiary/aromatic N) is 1. The highest BCUT2D eigenvalue weighted by Crippen LogP contribution is 2.42. The normalized spacial score (nSPS) is 18.1. The van der Waals surface area contributed by atoms with Crippen LogP contribution in [0.2, 0.25) is 0 Å². The summed E-state index contributed by atoms with van der Waals surface area (Å²) < 4.78 is 30.5. The van der Waals surface area contributed by atoms with E-state index in [2.05, 4.69) is 24.4 Å². The molecule has 46 heavy (non-hydrogen) atoms. The van der Waals surface area contributed by atoms with Gasteiger partial charge in [0.25, 0.3) is 5.91 Å². The summed E-state index contributed by atoms with van der Waals surface area (Å²) in [6.07, 6.45) is 3.57. The van der Waals surface area contributed by atoms with Crippen LogP contribution in [0.15, 0.2) is 89.2 Å². The Morgan fingerprint density at radius 2 is 1.83 bits per heavy atom. The van der Waals surface area contributed by atoms with Gasteiger partial charge in [-0.1, -0.05) is 24.3 Å². The number of para-hydroxylation sites is 1. The number of thiazole rings is 1. The van der Waals surface area contributed by atoms with E-state index in [9.17, 15) is 4.79 Å². The maximum atomic E-state index is 13.6. The molecule has 6 rings (SSSR count). The Balaban J connectivity index is 1.21. The van der Waals surface area contributed by atoms with Crippen LogP contribution in [0.25, 0.3) is 31.8 Å². The number of aliphatic hydroxyl groups is 1. The van der Waals surface area contributed by atoms with Gasteiger partial charge in [-0.05, 0) is 74.4 Å². The molecule has 0 saturated carbocycles. The lowest BCUT2D eigenvalue weighted by Gasteiger charge is -2.36. The Morgan fingerprint density at radius 3 is 2.63 bits per heavy atom. The highest BCUT2D eigenvalue weighted by Gasteiger charge is 2.39. The van der Waals surface area contributed by atoms with Crippen molar-refractivity contribution in [2.45, 2.75) is 32.5 Å². The van der Waals surface area contributed by atoms with E-state index in [1.54, 1.807) is 17.6 Å². The third-order valence-corrected chi connectivity index (χ3v) is 9.01. The Bertz CT molecular complexity index is 1800. The maximum Gasteiger partial charge on any atom is 0.290 e. The number of furan rings is 1. The van der Waals surface area contributed by atoms with E-state index in [1.807, 2.05) is 67.6 Å². The highest BCUT2D eigenvalue weighted by atomic mass is 32.1. The maximum absolute atomic E-state index is 13.6. The number of aliphatic hydroxyl groups excluding tert-OH is 1. The number of aromatic nitrogens is 1. The first kappa shape index (κ1) is 31.9. The molecule has 1 amide bonds. The number of fused-ring (bicyclic) bond motifs is 2. The lowest BCUT2D eigenvalue weighted by atomic mass is 9.81. The fraction of sp³-hybridized carbons (Fsp3) is 0.333. The molecule has 3 atom stereocenters. The number of carbonyl (C=O) groups excluding carboxylic acids is 1. The van der Waals surface area contributed by atoms with Crippen LogP contribution in [0.5, 0.6) is 0 Å². The summed E-state index contributed by atoms with van der Waals surface area (Å²) in [6, 6.07) is 21.8. The molecule has 0 radical (unpaired) electrons. The third-order valence-electron chi connectivity index (χ3n) is 7.95. The second-order valence-electron chi connectivity index (χ2n) is 11.1. The molecular weight excluding hydrogens is 604 g/mol. The monoisotopic (exact) mass is 642 g/mol. The first-order valence-electron chi connectivity index (χ1n) is 15.6. The third kappa shape index (κ3) is 7.32. The van der Waals surface area contributed by atoms with E-state index >= 15 is 0 Å². The summed E-state index contributed by atoms with van der Waals surface area (Å²) in [5.74, 6) is -0.544. The van der Waals surface area contributed by atoms with Gasteiger partial charge < -0.3 is 33.8 Å². The van der Waals surface area contributed by atoms with Crippen molar-refractivity contribution in [1.29, 1.82) is 0 Å². The molecule has 1 aliphatic rings. The molecule has 2 N–H and O–H groups in total. The minimum atomic E-state index is -0.673. The predicted octanol–water partition coefficient (Wildman–Crippen LogP) is 7.05. The van der Waals surface area contributed by atoms with Gasteiger partial charge in [-0.2, -0.15) is 0 Å². The summed E-state index contributed by atoms with van der Waals surface area (Å²) in [6.45, 7) is 5.92. The number of benzene rings is 3. The molecule has 10 heteroatoms. The van der Waals surface area contributed by atoms with Gasteiger partial charge in [-0.25, -0.2) is 4.98 Å². The van der Waals surface area contributed by atoms with Crippen molar-refractivity contribution in [2.24, 2.45) is 5.92 Å². The van der Waals surface area contributed by atoms with Crippen molar-refractivity contribution in [2.75, 3.05) is 45.0 Å². The number of aryl methyl sites for hydroxylation is 1. The summed E-state index contributed by atoms with van der Waals surface area (Å²) in [7, 11) is 0. The fourth-order valence-electron chi connectivity index (χ4n) is 5.70. The largest absolute Gasteiger partial charge is 0.464 e. The zero-order valence-corrected chi connectivity index (χ0v) is 26.8. The molecule has 1 aliphatic heterocycles.